The second-order valence-corrected chi connectivity index (χ2v) is 6.01. The number of hydrogen-bond acceptors (Lipinski definition) is 5. The number of hydrogen-bond donors (Lipinski definition) is 1. The van der Waals surface area contributed by atoms with E-state index in [9.17, 15) is 20.2 Å². The number of carboxylic acids is 1. The van der Waals surface area contributed by atoms with Crippen molar-refractivity contribution in [3.63, 3.8) is 0 Å². The molecule has 0 spiro atoms. The molecule has 0 saturated carbocycles. The number of nitro benzene ring substituents is 1. The van der Waals surface area contributed by atoms with Gasteiger partial charge in [-0.15, -0.1) is 0 Å². The third-order valence-electron chi connectivity index (χ3n) is 4.17. The largest absolute Gasteiger partial charge is 0.478 e. The van der Waals surface area contributed by atoms with Crippen LogP contribution < -0.4 is 0 Å². The molecule has 1 aromatic heterocycles. The number of nitro groups is 1. The Labute approximate surface area is 159 Å². The normalized spacial score (nSPS) is 11.1. The number of furan rings is 1. The zero-order valence-electron chi connectivity index (χ0n) is 14.7. The fourth-order valence-electron chi connectivity index (χ4n) is 2.68. The summed E-state index contributed by atoms with van der Waals surface area (Å²) in [5.41, 5.74) is 2.36. The number of non-ortho nitro benzene ring substituents is 1. The Kier molecular flexibility index (Phi) is 5.05. The van der Waals surface area contributed by atoms with Crippen LogP contribution in [0, 0.1) is 28.4 Å². The Morgan fingerprint density at radius 2 is 1.82 bits per heavy atom. The lowest BCUT2D eigenvalue weighted by Gasteiger charge is -2.02. The number of carboxylic acid groups (broad SMARTS) is 1. The molecule has 7 heteroatoms. The van der Waals surface area contributed by atoms with Gasteiger partial charge in [-0.2, -0.15) is 5.26 Å². The molecule has 28 heavy (non-hydrogen) atoms. The van der Waals surface area contributed by atoms with Gasteiger partial charge in [0.2, 0.25) is 0 Å². The summed E-state index contributed by atoms with van der Waals surface area (Å²) in [6.07, 6.45) is 1.53. The average molecular weight is 374 g/mol. The van der Waals surface area contributed by atoms with Crippen molar-refractivity contribution < 1.29 is 19.2 Å². The van der Waals surface area contributed by atoms with Crippen LogP contribution in [0.3, 0.4) is 0 Å². The zero-order valence-corrected chi connectivity index (χ0v) is 14.7. The van der Waals surface area contributed by atoms with Gasteiger partial charge in [0.15, 0.2) is 0 Å². The smallest absolute Gasteiger partial charge is 0.335 e. The number of carbonyl (C=O) groups is 1. The first-order valence-corrected chi connectivity index (χ1v) is 8.20. The number of aromatic carboxylic acids is 1. The van der Waals surface area contributed by atoms with Gasteiger partial charge in [0, 0.05) is 17.7 Å². The van der Waals surface area contributed by atoms with Crippen LogP contribution in [-0.2, 0) is 0 Å². The zero-order chi connectivity index (χ0) is 20.3. The number of benzene rings is 2. The Hall–Kier alpha value is -4.18. The van der Waals surface area contributed by atoms with Gasteiger partial charge in [0.1, 0.15) is 11.5 Å². The van der Waals surface area contributed by atoms with E-state index in [0.717, 1.165) is 5.56 Å². The van der Waals surface area contributed by atoms with E-state index in [1.807, 2.05) is 6.92 Å². The minimum atomic E-state index is -1.04. The maximum atomic E-state index is 11.0. The highest BCUT2D eigenvalue weighted by molar-refractivity contribution is 5.91. The third-order valence-corrected chi connectivity index (χ3v) is 4.17. The SMILES string of the molecule is Cc1ccc([N+](=O)[O-])cc1-c1ccc(/C=C(/C#N)c2ccc(C(=O)O)cc2)o1. The molecule has 2 aromatic carbocycles. The highest BCUT2D eigenvalue weighted by Gasteiger charge is 2.13. The number of nitriles is 1. The quantitative estimate of drug-likeness (QED) is 0.384. The molecule has 3 rings (SSSR count). The lowest BCUT2D eigenvalue weighted by Crippen LogP contribution is -1.95. The topological polar surface area (TPSA) is 117 Å². The third kappa shape index (κ3) is 3.81. The molecule has 3 aromatic rings. The summed E-state index contributed by atoms with van der Waals surface area (Å²) in [4.78, 5) is 21.5. The monoisotopic (exact) mass is 374 g/mol. The van der Waals surface area contributed by atoms with E-state index >= 15 is 0 Å². The van der Waals surface area contributed by atoms with Crippen LogP contribution in [0.25, 0.3) is 23.0 Å². The van der Waals surface area contributed by atoms with Crippen LogP contribution in [0.4, 0.5) is 5.69 Å². The van der Waals surface area contributed by atoms with E-state index in [2.05, 4.69) is 6.07 Å². The van der Waals surface area contributed by atoms with Crippen molar-refractivity contribution in [1.82, 2.24) is 0 Å². The first-order valence-electron chi connectivity index (χ1n) is 8.20. The predicted molar refractivity (Wildman–Crippen MR) is 102 cm³/mol. The minimum Gasteiger partial charge on any atom is -0.478 e. The Morgan fingerprint density at radius 1 is 1.14 bits per heavy atom. The highest BCUT2D eigenvalue weighted by Crippen LogP contribution is 2.30. The van der Waals surface area contributed by atoms with Gasteiger partial charge in [-0.05, 0) is 48.4 Å². The first kappa shape index (κ1) is 18.6. The molecule has 7 nitrogen and oxygen atoms in total. The second kappa shape index (κ2) is 7.60. The van der Waals surface area contributed by atoms with Gasteiger partial charge in [0.25, 0.3) is 5.69 Å². The van der Waals surface area contributed by atoms with Crippen molar-refractivity contribution in [2.24, 2.45) is 0 Å². The van der Waals surface area contributed by atoms with Crippen LogP contribution in [0.5, 0.6) is 0 Å². The number of rotatable bonds is 5. The fraction of sp³-hybridized carbons (Fsp3) is 0.0476. The van der Waals surface area contributed by atoms with Gasteiger partial charge in [-0.1, -0.05) is 18.2 Å². The summed E-state index contributed by atoms with van der Waals surface area (Å²) < 4.78 is 5.76. The Balaban J connectivity index is 1.95. The molecule has 0 fully saturated rings. The molecule has 0 atom stereocenters. The molecule has 0 radical (unpaired) electrons. The maximum absolute atomic E-state index is 11.0. The average Bonchev–Trinajstić information content (AvgIpc) is 3.14. The number of allylic oxidation sites excluding steroid dienone is 1. The van der Waals surface area contributed by atoms with Crippen LogP contribution in [-0.4, -0.2) is 16.0 Å². The lowest BCUT2D eigenvalue weighted by atomic mass is 10.0. The van der Waals surface area contributed by atoms with E-state index in [-0.39, 0.29) is 11.3 Å². The van der Waals surface area contributed by atoms with E-state index in [4.69, 9.17) is 9.52 Å². The highest BCUT2D eigenvalue weighted by atomic mass is 16.6. The molecule has 1 N–H and O–H groups in total. The van der Waals surface area contributed by atoms with E-state index in [0.29, 0.717) is 28.2 Å². The summed E-state index contributed by atoms with van der Waals surface area (Å²) in [5.74, 6) is -0.192. The lowest BCUT2D eigenvalue weighted by molar-refractivity contribution is -0.384. The van der Waals surface area contributed by atoms with Crippen LogP contribution in [0.15, 0.2) is 59.0 Å². The summed E-state index contributed by atoms with van der Waals surface area (Å²) in [7, 11) is 0. The molecule has 0 unspecified atom stereocenters. The number of aryl methyl sites for hydroxylation is 1. The van der Waals surface area contributed by atoms with Gasteiger partial charge >= 0.3 is 5.97 Å². The van der Waals surface area contributed by atoms with Crippen LogP contribution in [0.2, 0.25) is 0 Å². The van der Waals surface area contributed by atoms with Crippen LogP contribution in [0.1, 0.15) is 27.2 Å². The molecule has 0 amide bonds. The molecule has 0 saturated heterocycles. The summed E-state index contributed by atoms with van der Waals surface area (Å²) >= 11 is 0. The molecule has 0 aliphatic rings. The van der Waals surface area contributed by atoms with Gasteiger partial charge < -0.3 is 9.52 Å². The second-order valence-electron chi connectivity index (χ2n) is 6.01. The van der Waals surface area contributed by atoms with Gasteiger partial charge in [-0.25, -0.2) is 4.79 Å². The summed E-state index contributed by atoms with van der Waals surface area (Å²) in [6, 6.07) is 15.9. The molecule has 0 bridgehead atoms. The molecule has 0 aliphatic heterocycles. The minimum absolute atomic E-state index is 0.0367. The predicted octanol–water partition coefficient (Wildman–Crippen LogP) is 4.93. The maximum Gasteiger partial charge on any atom is 0.335 e. The van der Waals surface area contributed by atoms with Crippen molar-refractivity contribution in [2.75, 3.05) is 0 Å². The van der Waals surface area contributed by atoms with Crippen molar-refractivity contribution in [1.29, 1.82) is 5.26 Å². The summed E-state index contributed by atoms with van der Waals surface area (Å²) in [6.45, 7) is 1.82. The van der Waals surface area contributed by atoms with Gasteiger partial charge in [0.05, 0.1) is 22.1 Å². The molecule has 138 valence electrons. The fourth-order valence-corrected chi connectivity index (χ4v) is 2.68. The molecular formula is C21H14N2O5. The molecule has 1 heterocycles. The van der Waals surface area contributed by atoms with Crippen molar-refractivity contribution >= 4 is 23.3 Å². The molecular weight excluding hydrogens is 360 g/mol. The van der Waals surface area contributed by atoms with Gasteiger partial charge in [-0.3, -0.25) is 10.1 Å². The first-order chi connectivity index (χ1) is 13.4. The summed E-state index contributed by atoms with van der Waals surface area (Å²) in [5, 5.41) is 29.4. The Bertz CT molecular complexity index is 1130. The van der Waals surface area contributed by atoms with Crippen molar-refractivity contribution in [2.45, 2.75) is 6.92 Å². The molecule has 0 aliphatic carbocycles. The standard InChI is InChI=1S/C21H14N2O5/c1-13-2-7-17(23(26)27)11-19(13)20-9-8-18(28-20)10-16(12-22)14-3-5-15(6-4-14)21(24)25/h2-11H,1H3,(H,24,25)/b16-10-. The van der Waals surface area contributed by atoms with Crippen molar-refractivity contribution in [3.05, 3.63) is 87.2 Å². The van der Waals surface area contributed by atoms with Crippen LogP contribution >= 0.6 is 0 Å². The van der Waals surface area contributed by atoms with E-state index in [1.54, 1.807) is 30.3 Å². The van der Waals surface area contributed by atoms with Crippen molar-refractivity contribution in [3.8, 4) is 17.4 Å². The number of nitrogens with zero attached hydrogens (tertiary/aromatic N) is 2. The van der Waals surface area contributed by atoms with E-state index < -0.39 is 10.9 Å². The Morgan fingerprint density at radius 3 is 2.43 bits per heavy atom. The van der Waals surface area contributed by atoms with E-state index in [1.165, 1.54) is 30.3 Å².